The maximum absolute atomic E-state index is 9.38. The molecule has 3 N–H and O–H groups in total. The number of hydrogen-bond acceptors (Lipinski definition) is 6. The average molecular weight is 329 g/mol. The van der Waals surface area contributed by atoms with Gasteiger partial charge in [-0.2, -0.15) is 4.98 Å². The van der Waals surface area contributed by atoms with Gasteiger partial charge in [-0.05, 0) is 44.9 Å². The Morgan fingerprint density at radius 3 is 3.12 bits per heavy atom. The lowest BCUT2D eigenvalue weighted by atomic mass is 10.0. The Morgan fingerprint density at radius 1 is 1.33 bits per heavy atom. The zero-order valence-corrected chi connectivity index (χ0v) is 14.3. The van der Waals surface area contributed by atoms with E-state index in [1.807, 2.05) is 13.1 Å². The number of hydrogen-bond donors (Lipinski definition) is 3. The van der Waals surface area contributed by atoms with Crippen molar-refractivity contribution in [1.82, 2.24) is 14.9 Å². The summed E-state index contributed by atoms with van der Waals surface area (Å²) in [5.41, 5.74) is 2.08. The quantitative estimate of drug-likeness (QED) is 0.773. The number of rotatable bonds is 2. The van der Waals surface area contributed by atoms with Crippen LogP contribution < -0.4 is 10.6 Å². The fourth-order valence-electron chi connectivity index (χ4n) is 3.21. The van der Waals surface area contributed by atoms with Gasteiger partial charge in [-0.3, -0.25) is 4.90 Å². The Bertz CT molecular complexity index is 613. The first-order valence-corrected chi connectivity index (χ1v) is 8.84. The Hall–Kier alpha value is -1.92. The molecular weight excluding hydrogens is 302 g/mol. The van der Waals surface area contributed by atoms with Crippen LogP contribution in [0.4, 0.5) is 11.8 Å². The number of aryl methyl sites for hydroxylation is 1. The monoisotopic (exact) mass is 329 g/mol. The molecule has 0 radical (unpaired) electrons. The summed E-state index contributed by atoms with van der Waals surface area (Å²) in [6.07, 6.45) is 12.7. The van der Waals surface area contributed by atoms with Gasteiger partial charge in [0.05, 0.1) is 6.61 Å². The lowest BCUT2D eigenvalue weighted by Crippen LogP contribution is -2.38. The van der Waals surface area contributed by atoms with Crippen molar-refractivity contribution >= 4 is 11.8 Å². The van der Waals surface area contributed by atoms with Crippen molar-refractivity contribution in [2.24, 2.45) is 0 Å². The number of anilines is 2. The highest BCUT2D eigenvalue weighted by molar-refractivity contribution is 5.50. The van der Waals surface area contributed by atoms with Crippen LogP contribution in [-0.2, 0) is 0 Å². The zero-order valence-electron chi connectivity index (χ0n) is 14.3. The number of β-amino-alcohol motifs (C(OH)–C–C–N with tert-alkyl or cyclic N) is 1. The van der Waals surface area contributed by atoms with Crippen molar-refractivity contribution in [2.75, 3.05) is 36.9 Å². The van der Waals surface area contributed by atoms with Crippen molar-refractivity contribution in [3.63, 3.8) is 0 Å². The third kappa shape index (κ3) is 4.33. The standard InChI is InChI=1S/C18H27N5O/c1-14-13-20-18-21-15-6-5-7-16(12-15)23(10-11-24)9-4-2-3-8-19-17(14)22-18/h5-6,12-13,16,24H,2-4,7-11H2,1H3,(H2,19,20,21,22). The van der Waals surface area contributed by atoms with Gasteiger partial charge in [0.1, 0.15) is 5.82 Å². The van der Waals surface area contributed by atoms with E-state index in [9.17, 15) is 5.11 Å². The molecule has 0 saturated heterocycles. The molecule has 6 heteroatoms. The maximum Gasteiger partial charge on any atom is 0.229 e. The van der Waals surface area contributed by atoms with Crippen molar-refractivity contribution in [1.29, 1.82) is 0 Å². The van der Waals surface area contributed by atoms with E-state index >= 15 is 0 Å². The molecule has 1 atom stereocenters. The molecule has 1 unspecified atom stereocenters. The molecule has 0 fully saturated rings. The van der Waals surface area contributed by atoms with Gasteiger partial charge in [-0.25, -0.2) is 4.98 Å². The smallest absolute Gasteiger partial charge is 0.229 e. The minimum atomic E-state index is 0.197. The van der Waals surface area contributed by atoms with Gasteiger partial charge in [0, 0.05) is 36.6 Å². The van der Waals surface area contributed by atoms with Crippen LogP contribution in [0.5, 0.6) is 0 Å². The van der Waals surface area contributed by atoms with E-state index in [1.54, 1.807) is 0 Å². The van der Waals surface area contributed by atoms with Gasteiger partial charge >= 0.3 is 0 Å². The lowest BCUT2D eigenvalue weighted by Gasteiger charge is -2.31. The molecule has 1 aromatic rings. The SMILES string of the molecule is Cc1cnc2nc1NCCCCCN(CCO)C1C=C(C=CC1)N2. The van der Waals surface area contributed by atoms with Gasteiger partial charge in [-0.15, -0.1) is 0 Å². The fraction of sp³-hybridized carbons (Fsp3) is 0.556. The summed E-state index contributed by atoms with van der Waals surface area (Å²) in [6, 6.07) is 0.315. The summed E-state index contributed by atoms with van der Waals surface area (Å²) in [6.45, 7) is 4.87. The molecule has 3 rings (SSSR count). The van der Waals surface area contributed by atoms with Crippen LogP contribution in [0.25, 0.3) is 0 Å². The van der Waals surface area contributed by atoms with E-state index in [-0.39, 0.29) is 6.61 Å². The topological polar surface area (TPSA) is 73.3 Å². The Kier molecular flexibility index (Phi) is 5.82. The molecule has 130 valence electrons. The van der Waals surface area contributed by atoms with Crippen molar-refractivity contribution in [2.45, 2.75) is 38.6 Å². The number of aliphatic hydroxyl groups is 1. The first-order chi connectivity index (χ1) is 11.8. The van der Waals surface area contributed by atoms with Crippen LogP contribution in [0.1, 0.15) is 31.2 Å². The summed E-state index contributed by atoms with van der Waals surface area (Å²) >= 11 is 0. The average Bonchev–Trinajstić information content (AvgIpc) is 2.59. The Morgan fingerprint density at radius 2 is 2.25 bits per heavy atom. The number of nitrogens with zero attached hydrogens (tertiary/aromatic N) is 3. The summed E-state index contributed by atoms with van der Waals surface area (Å²) in [7, 11) is 0. The molecule has 1 aromatic heterocycles. The Balaban J connectivity index is 1.84. The van der Waals surface area contributed by atoms with Gasteiger partial charge in [0.2, 0.25) is 5.95 Å². The predicted octanol–water partition coefficient (Wildman–Crippen LogP) is 2.30. The Labute approximate surface area is 143 Å². The van der Waals surface area contributed by atoms with Crippen LogP contribution in [0.2, 0.25) is 0 Å². The minimum absolute atomic E-state index is 0.197. The van der Waals surface area contributed by atoms with E-state index < -0.39 is 0 Å². The highest BCUT2D eigenvalue weighted by Crippen LogP contribution is 2.20. The molecular formula is C18H27N5O. The lowest BCUT2D eigenvalue weighted by molar-refractivity contribution is 0.167. The number of aromatic nitrogens is 2. The molecule has 2 aliphatic rings. The molecule has 1 aliphatic carbocycles. The molecule has 1 aliphatic heterocycles. The second-order valence-corrected chi connectivity index (χ2v) is 6.42. The number of aliphatic hydroxyl groups excluding tert-OH is 1. The van der Waals surface area contributed by atoms with Gasteiger partial charge in [-0.1, -0.05) is 12.5 Å². The maximum atomic E-state index is 9.38. The molecule has 24 heavy (non-hydrogen) atoms. The molecule has 2 heterocycles. The highest BCUT2D eigenvalue weighted by atomic mass is 16.3. The second kappa shape index (κ2) is 8.26. The third-order valence-corrected chi connectivity index (χ3v) is 4.55. The largest absolute Gasteiger partial charge is 0.395 e. The third-order valence-electron chi connectivity index (χ3n) is 4.55. The second-order valence-electron chi connectivity index (χ2n) is 6.42. The summed E-state index contributed by atoms with van der Waals surface area (Å²) in [5.74, 6) is 1.52. The van der Waals surface area contributed by atoms with Gasteiger partial charge in [0.25, 0.3) is 0 Å². The first-order valence-electron chi connectivity index (χ1n) is 8.84. The summed E-state index contributed by atoms with van der Waals surface area (Å²) < 4.78 is 0. The minimum Gasteiger partial charge on any atom is -0.395 e. The van der Waals surface area contributed by atoms with Gasteiger partial charge in [0.15, 0.2) is 0 Å². The fourth-order valence-corrected chi connectivity index (χ4v) is 3.21. The molecule has 4 bridgehead atoms. The van der Waals surface area contributed by atoms with Crippen LogP contribution >= 0.6 is 0 Å². The number of allylic oxidation sites excluding steroid dienone is 1. The predicted molar refractivity (Wildman–Crippen MR) is 97.0 cm³/mol. The van der Waals surface area contributed by atoms with Crippen LogP contribution in [0, 0.1) is 6.92 Å². The molecule has 6 nitrogen and oxygen atoms in total. The summed E-state index contributed by atoms with van der Waals surface area (Å²) in [5, 5.41) is 16.1. The number of nitrogens with one attached hydrogen (secondary N) is 2. The highest BCUT2D eigenvalue weighted by Gasteiger charge is 2.18. The molecule has 0 aromatic carbocycles. The molecule has 0 saturated carbocycles. The molecule has 0 spiro atoms. The number of fused-ring (bicyclic) bond motifs is 3. The molecule has 0 amide bonds. The van der Waals surface area contributed by atoms with E-state index in [4.69, 9.17) is 0 Å². The van der Waals surface area contributed by atoms with Crippen LogP contribution in [0.3, 0.4) is 0 Å². The van der Waals surface area contributed by atoms with Gasteiger partial charge < -0.3 is 15.7 Å². The normalized spacial score (nSPS) is 22.1. The zero-order chi connectivity index (χ0) is 16.8. The van der Waals surface area contributed by atoms with E-state index in [1.165, 1.54) is 6.42 Å². The van der Waals surface area contributed by atoms with E-state index in [0.717, 1.165) is 49.4 Å². The van der Waals surface area contributed by atoms with Crippen molar-refractivity contribution in [3.8, 4) is 0 Å². The van der Waals surface area contributed by atoms with Crippen LogP contribution in [-0.4, -0.2) is 52.3 Å². The van der Waals surface area contributed by atoms with E-state index in [2.05, 4.69) is 43.7 Å². The van der Waals surface area contributed by atoms with Crippen molar-refractivity contribution < 1.29 is 5.11 Å². The van der Waals surface area contributed by atoms with E-state index in [0.29, 0.717) is 18.5 Å². The van der Waals surface area contributed by atoms with Crippen LogP contribution in [0.15, 0.2) is 30.1 Å². The first kappa shape index (κ1) is 16.9. The van der Waals surface area contributed by atoms with Crippen molar-refractivity contribution in [3.05, 3.63) is 35.7 Å². The summed E-state index contributed by atoms with van der Waals surface area (Å²) in [4.78, 5) is 11.4.